The molecule has 0 radical (unpaired) electrons. The first-order valence-electron chi connectivity index (χ1n) is 9.52. The van der Waals surface area contributed by atoms with E-state index in [0.29, 0.717) is 11.1 Å². The Morgan fingerprint density at radius 3 is 2.47 bits per heavy atom. The number of carbonyl (C=O) groups excluding carboxylic acids is 4. The summed E-state index contributed by atoms with van der Waals surface area (Å²) in [6.45, 7) is 2.68. The predicted octanol–water partition coefficient (Wildman–Crippen LogP) is 2.46. The molecule has 1 aromatic heterocycles. The third-order valence-corrected chi connectivity index (χ3v) is 5.45. The number of halogens is 1. The first-order valence-corrected chi connectivity index (χ1v) is 10.3. The Labute approximate surface area is 187 Å². The van der Waals surface area contributed by atoms with E-state index in [1.54, 1.807) is 13.8 Å². The van der Waals surface area contributed by atoms with Gasteiger partial charge in [0.05, 0.1) is 30.6 Å². The largest absolute Gasteiger partial charge is 0.494 e. The van der Waals surface area contributed by atoms with Crippen molar-refractivity contribution in [2.45, 2.75) is 20.3 Å². The van der Waals surface area contributed by atoms with Crippen LogP contribution in [-0.4, -0.2) is 51.1 Å². The number of hydrogen-bond donors (Lipinski definition) is 2. The van der Waals surface area contributed by atoms with Crippen molar-refractivity contribution in [2.75, 3.05) is 32.7 Å². The van der Waals surface area contributed by atoms with Gasteiger partial charge < -0.3 is 24.8 Å². The fourth-order valence-electron chi connectivity index (χ4n) is 2.73. The summed E-state index contributed by atoms with van der Waals surface area (Å²) in [5.74, 6) is -3.15. The van der Waals surface area contributed by atoms with Crippen molar-refractivity contribution < 1.29 is 37.8 Å². The second kappa shape index (κ2) is 11.2. The van der Waals surface area contributed by atoms with Gasteiger partial charge in [-0.3, -0.25) is 14.4 Å². The summed E-state index contributed by atoms with van der Waals surface area (Å²) in [4.78, 5) is 48.9. The van der Waals surface area contributed by atoms with E-state index in [0.717, 1.165) is 17.4 Å². The molecule has 2 N–H and O–H groups in total. The van der Waals surface area contributed by atoms with Crippen LogP contribution < -0.4 is 15.4 Å². The van der Waals surface area contributed by atoms with Crippen molar-refractivity contribution in [3.63, 3.8) is 0 Å². The van der Waals surface area contributed by atoms with Gasteiger partial charge in [-0.15, -0.1) is 11.3 Å². The van der Waals surface area contributed by atoms with Crippen LogP contribution in [0.15, 0.2) is 18.2 Å². The van der Waals surface area contributed by atoms with Gasteiger partial charge in [-0.2, -0.15) is 0 Å². The summed E-state index contributed by atoms with van der Waals surface area (Å²) in [5, 5.41) is 5.05. The van der Waals surface area contributed by atoms with Gasteiger partial charge in [0.15, 0.2) is 18.2 Å². The summed E-state index contributed by atoms with van der Waals surface area (Å²) < 4.78 is 28.5. The number of esters is 2. The maximum atomic E-state index is 13.7. The third kappa shape index (κ3) is 6.03. The van der Waals surface area contributed by atoms with Gasteiger partial charge in [0.1, 0.15) is 5.00 Å². The average Bonchev–Trinajstić information content (AvgIpc) is 3.07. The number of rotatable bonds is 9. The first kappa shape index (κ1) is 24.8. The Morgan fingerprint density at radius 2 is 1.88 bits per heavy atom. The fraction of sp³-hybridized carbons (Fsp3) is 0.333. The SMILES string of the molecule is CCOC(=O)c1c(NC(=O)COC(=O)Cc2ccc(OC)c(F)c2)sc(C(=O)NC)c1C. The van der Waals surface area contributed by atoms with Crippen molar-refractivity contribution in [3.05, 3.63) is 45.6 Å². The molecule has 0 saturated carbocycles. The Morgan fingerprint density at radius 1 is 1.16 bits per heavy atom. The molecule has 2 amide bonds. The molecule has 9 nitrogen and oxygen atoms in total. The van der Waals surface area contributed by atoms with Gasteiger partial charge in [0, 0.05) is 7.05 Å². The zero-order valence-corrected chi connectivity index (χ0v) is 18.8. The number of nitrogens with one attached hydrogen (secondary N) is 2. The lowest BCUT2D eigenvalue weighted by atomic mass is 10.1. The molecule has 0 atom stereocenters. The molecule has 1 aromatic carbocycles. The average molecular weight is 466 g/mol. The van der Waals surface area contributed by atoms with Gasteiger partial charge >= 0.3 is 11.9 Å². The highest BCUT2D eigenvalue weighted by atomic mass is 32.1. The molecule has 32 heavy (non-hydrogen) atoms. The van der Waals surface area contributed by atoms with Crippen molar-refractivity contribution in [2.24, 2.45) is 0 Å². The number of carbonyl (C=O) groups is 4. The monoisotopic (exact) mass is 466 g/mol. The lowest BCUT2D eigenvalue weighted by Gasteiger charge is -2.08. The van der Waals surface area contributed by atoms with Crippen molar-refractivity contribution >= 4 is 40.1 Å². The van der Waals surface area contributed by atoms with E-state index in [2.05, 4.69) is 10.6 Å². The lowest BCUT2D eigenvalue weighted by molar-refractivity contribution is -0.146. The van der Waals surface area contributed by atoms with Crippen LogP contribution in [0.2, 0.25) is 0 Å². The first-order chi connectivity index (χ1) is 15.2. The van der Waals surface area contributed by atoms with Crippen LogP contribution in [-0.2, 0) is 25.5 Å². The smallest absolute Gasteiger partial charge is 0.341 e. The van der Waals surface area contributed by atoms with E-state index in [1.165, 1.54) is 26.3 Å². The molecule has 0 unspecified atom stereocenters. The normalized spacial score (nSPS) is 10.3. The lowest BCUT2D eigenvalue weighted by Crippen LogP contribution is -2.22. The Kier molecular flexibility index (Phi) is 8.71. The number of hydrogen-bond acceptors (Lipinski definition) is 8. The highest BCUT2D eigenvalue weighted by molar-refractivity contribution is 7.18. The number of anilines is 1. The summed E-state index contributed by atoms with van der Waals surface area (Å²) in [7, 11) is 2.77. The van der Waals surface area contributed by atoms with Gasteiger partial charge in [0.25, 0.3) is 11.8 Å². The maximum absolute atomic E-state index is 13.7. The Balaban J connectivity index is 2.05. The molecule has 1 heterocycles. The molecule has 0 saturated heterocycles. The number of ether oxygens (including phenoxy) is 3. The molecule has 0 fully saturated rings. The third-order valence-electron chi connectivity index (χ3n) is 4.24. The van der Waals surface area contributed by atoms with Crippen LogP contribution in [0.25, 0.3) is 0 Å². The number of thiophene rings is 1. The molecule has 2 aromatic rings. The minimum atomic E-state index is -0.747. The highest BCUT2D eigenvalue weighted by Gasteiger charge is 2.26. The summed E-state index contributed by atoms with van der Waals surface area (Å²) in [6.07, 6.45) is -0.249. The van der Waals surface area contributed by atoms with Crippen LogP contribution in [0.4, 0.5) is 9.39 Å². The minimum absolute atomic E-state index is 0.0428. The van der Waals surface area contributed by atoms with Crippen LogP contribution in [0, 0.1) is 12.7 Å². The second-order valence-corrected chi connectivity index (χ2v) is 7.44. The summed E-state index contributed by atoms with van der Waals surface area (Å²) in [6, 6.07) is 4.02. The molecule has 172 valence electrons. The molecular formula is C21H23FN2O7S. The van der Waals surface area contributed by atoms with E-state index in [-0.39, 0.29) is 34.2 Å². The van der Waals surface area contributed by atoms with E-state index in [1.807, 2.05) is 0 Å². The van der Waals surface area contributed by atoms with Crippen molar-refractivity contribution in [1.29, 1.82) is 0 Å². The van der Waals surface area contributed by atoms with Crippen molar-refractivity contribution in [1.82, 2.24) is 5.32 Å². The predicted molar refractivity (Wildman–Crippen MR) is 115 cm³/mol. The van der Waals surface area contributed by atoms with Crippen LogP contribution in [0.1, 0.15) is 38.1 Å². The van der Waals surface area contributed by atoms with E-state index in [9.17, 15) is 23.6 Å². The minimum Gasteiger partial charge on any atom is -0.494 e. The zero-order chi connectivity index (χ0) is 23.8. The summed E-state index contributed by atoms with van der Waals surface area (Å²) in [5.41, 5.74) is 0.771. The van der Waals surface area contributed by atoms with Crippen LogP contribution in [0.5, 0.6) is 5.75 Å². The van der Waals surface area contributed by atoms with E-state index >= 15 is 0 Å². The summed E-state index contributed by atoms with van der Waals surface area (Å²) >= 11 is 0.904. The van der Waals surface area contributed by atoms with Gasteiger partial charge in [-0.1, -0.05) is 6.07 Å². The second-order valence-electron chi connectivity index (χ2n) is 6.41. The van der Waals surface area contributed by atoms with Gasteiger partial charge in [-0.25, -0.2) is 9.18 Å². The van der Waals surface area contributed by atoms with Crippen molar-refractivity contribution in [3.8, 4) is 5.75 Å². The quantitative estimate of drug-likeness (QED) is 0.545. The molecule has 0 spiro atoms. The standard InChI is InChI=1S/C21H23FN2O7S/c1-5-30-21(28)17-11(2)18(19(27)23-3)32-20(17)24-15(25)10-31-16(26)9-12-6-7-14(29-4)13(22)8-12/h6-8H,5,9-10H2,1-4H3,(H,23,27)(H,24,25). The molecule has 2 rings (SSSR count). The van der Waals surface area contributed by atoms with Gasteiger partial charge in [-0.05, 0) is 37.1 Å². The van der Waals surface area contributed by atoms with Crippen LogP contribution >= 0.6 is 11.3 Å². The zero-order valence-electron chi connectivity index (χ0n) is 18.0. The topological polar surface area (TPSA) is 120 Å². The molecular weight excluding hydrogens is 443 g/mol. The van der Waals surface area contributed by atoms with E-state index < -0.39 is 36.2 Å². The molecule has 11 heteroatoms. The Bertz CT molecular complexity index is 1040. The van der Waals surface area contributed by atoms with Gasteiger partial charge in [0.2, 0.25) is 0 Å². The maximum Gasteiger partial charge on any atom is 0.341 e. The fourth-order valence-corrected chi connectivity index (χ4v) is 3.88. The molecule has 0 bridgehead atoms. The highest BCUT2D eigenvalue weighted by Crippen LogP contribution is 2.33. The number of benzene rings is 1. The Hall–Kier alpha value is -3.47. The molecule has 0 aliphatic heterocycles. The number of methoxy groups -OCH3 is 1. The van der Waals surface area contributed by atoms with E-state index in [4.69, 9.17) is 14.2 Å². The molecule has 0 aliphatic carbocycles. The molecule has 0 aliphatic rings. The van der Waals surface area contributed by atoms with Crippen LogP contribution in [0.3, 0.4) is 0 Å². The number of amides is 2.